The number of phenolic OH excluding ortho intramolecular Hbond substituents is 1. The number of primary amides is 1. The van der Waals surface area contributed by atoms with Crippen molar-refractivity contribution in [3.8, 4) is 5.75 Å². The predicted octanol–water partition coefficient (Wildman–Crippen LogP) is 0.0948. The Hall–Kier alpha value is -3.97. The number of hydrogen-bond acceptors (Lipinski definition) is 11. The fourth-order valence-corrected chi connectivity index (χ4v) is 5.82. The molecule has 0 aliphatic heterocycles. The van der Waals surface area contributed by atoms with Crippen molar-refractivity contribution in [2.45, 2.75) is 24.5 Å². The normalized spacial score (nSPS) is 27.6. The number of anilines is 1. The lowest BCUT2D eigenvalue weighted by Gasteiger charge is -2.50. The lowest BCUT2D eigenvalue weighted by Crippen LogP contribution is -2.63. The molecule has 4 rings (SSSR count). The summed E-state index contributed by atoms with van der Waals surface area (Å²) in [7, 11) is 6.29. The van der Waals surface area contributed by atoms with E-state index >= 15 is 0 Å². The van der Waals surface area contributed by atoms with Gasteiger partial charge in [0.1, 0.15) is 17.1 Å². The average Bonchev–Trinajstić information content (AvgIpc) is 2.75. The first-order valence-corrected chi connectivity index (χ1v) is 11.0. The van der Waals surface area contributed by atoms with Crippen LogP contribution in [0, 0.1) is 22.0 Å². The molecule has 4 atom stereocenters. The van der Waals surface area contributed by atoms with Gasteiger partial charge in [0, 0.05) is 37.3 Å². The van der Waals surface area contributed by atoms with Crippen molar-refractivity contribution in [2.24, 2.45) is 17.6 Å². The number of allylic oxidation sites excluding steroid dienone is 1. The molecule has 0 heterocycles. The van der Waals surface area contributed by atoms with E-state index in [9.17, 15) is 44.9 Å². The highest BCUT2D eigenvalue weighted by molar-refractivity contribution is 6.25. The summed E-state index contributed by atoms with van der Waals surface area (Å²) in [6.07, 6.45) is -0.0377. The second-order valence-electron chi connectivity index (χ2n) is 9.73. The fraction of sp³-hybridized carbons (Fsp3) is 0.435. The molecule has 0 saturated carbocycles. The van der Waals surface area contributed by atoms with Gasteiger partial charge in [0.15, 0.2) is 11.4 Å². The number of aliphatic hydroxyl groups excluding tert-OH is 2. The van der Waals surface area contributed by atoms with Crippen LogP contribution in [0.5, 0.6) is 5.75 Å². The van der Waals surface area contributed by atoms with Gasteiger partial charge in [-0.2, -0.15) is 0 Å². The third-order valence-corrected chi connectivity index (χ3v) is 7.36. The van der Waals surface area contributed by atoms with E-state index in [1.165, 1.54) is 19.0 Å². The molecule has 3 aliphatic carbocycles. The maximum Gasteiger partial charge on any atom is 0.313 e. The molecule has 0 fully saturated rings. The second kappa shape index (κ2) is 8.03. The Labute approximate surface area is 204 Å². The summed E-state index contributed by atoms with van der Waals surface area (Å²) in [5, 5.41) is 55.8. The van der Waals surface area contributed by atoms with Crippen molar-refractivity contribution in [3.63, 3.8) is 0 Å². The number of carbonyl (C=O) groups is 3. The van der Waals surface area contributed by atoms with Crippen molar-refractivity contribution in [3.05, 3.63) is 50.0 Å². The molecule has 0 saturated heterocycles. The third-order valence-electron chi connectivity index (χ3n) is 7.36. The Morgan fingerprint density at radius 3 is 2.31 bits per heavy atom. The number of likely N-dealkylation sites (N-methyl/N-ethyl adjacent to an activating group) is 1. The molecular weight excluding hydrogens is 476 g/mol. The van der Waals surface area contributed by atoms with Crippen molar-refractivity contribution in [1.82, 2.24) is 4.90 Å². The fourth-order valence-electron chi connectivity index (χ4n) is 5.82. The maximum absolute atomic E-state index is 13.6. The van der Waals surface area contributed by atoms with E-state index < -0.39 is 85.5 Å². The molecule has 1 aromatic carbocycles. The lowest BCUT2D eigenvalue weighted by atomic mass is 9.58. The monoisotopic (exact) mass is 502 g/mol. The summed E-state index contributed by atoms with van der Waals surface area (Å²) in [5.74, 6) is -8.16. The predicted molar refractivity (Wildman–Crippen MR) is 125 cm³/mol. The number of nitrogens with zero attached hydrogens (tertiary/aromatic N) is 3. The average molecular weight is 502 g/mol. The zero-order chi connectivity index (χ0) is 27.0. The number of aliphatic hydroxyl groups is 3. The van der Waals surface area contributed by atoms with E-state index in [1.54, 1.807) is 19.0 Å². The Balaban J connectivity index is 2.01. The van der Waals surface area contributed by atoms with Gasteiger partial charge >= 0.3 is 5.69 Å². The topological polar surface area (TPSA) is 208 Å². The Bertz CT molecular complexity index is 1310. The molecule has 3 aliphatic rings. The Morgan fingerprint density at radius 2 is 1.81 bits per heavy atom. The maximum atomic E-state index is 13.6. The quantitative estimate of drug-likeness (QED) is 0.212. The van der Waals surface area contributed by atoms with Crippen LogP contribution in [0.1, 0.15) is 22.3 Å². The number of nitrogens with two attached hydrogens (primary N) is 1. The number of Topliss-reactive ketones (excluding diaryl/α,β-unsaturated/α-hetero) is 2. The van der Waals surface area contributed by atoms with Crippen LogP contribution < -0.4 is 10.6 Å². The summed E-state index contributed by atoms with van der Waals surface area (Å²) < 4.78 is 0. The minimum absolute atomic E-state index is 0.0353. The van der Waals surface area contributed by atoms with Crippen LogP contribution in [-0.2, 0) is 16.0 Å². The molecule has 36 heavy (non-hydrogen) atoms. The number of carbonyl (C=O) groups excluding carboxylic acids is 3. The van der Waals surface area contributed by atoms with Gasteiger partial charge < -0.3 is 31.1 Å². The highest BCUT2D eigenvalue weighted by Crippen LogP contribution is 2.54. The number of amides is 1. The van der Waals surface area contributed by atoms with Gasteiger partial charge in [-0.15, -0.1) is 0 Å². The number of benzene rings is 1. The summed E-state index contributed by atoms with van der Waals surface area (Å²) in [6.45, 7) is 0. The van der Waals surface area contributed by atoms with Gasteiger partial charge in [0.25, 0.3) is 5.91 Å². The number of nitro benzene ring substituents is 1. The van der Waals surface area contributed by atoms with E-state index in [1.807, 2.05) is 0 Å². The van der Waals surface area contributed by atoms with Crippen LogP contribution in [0.3, 0.4) is 0 Å². The molecule has 1 amide bonds. The van der Waals surface area contributed by atoms with Crippen LogP contribution >= 0.6 is 0 Å². The molecule has 13 nitrogen and oxygen atoms in total. The smallest absolute Gasteiger partial charge is 0.313 e. The van der Waals surface area contributed by atoms with Crippen LogP contribution in [0.4, 0.5) is 11.4 Å². The molecule has 13 heteroatoms. The van der Waals surface area contributed by atoms with Gasteiger partial charge in [0.2, 0.25) is 11.5 Å². The molecule has 1 aromatic rings. The van der Waals surface area contributed by atoms with E-state index in [4.69, 9.17) is 5.73 Å². The highest BCUT2D eigenvalue weighted by atomic mass is 16.6. The van der Waals surface area contributed by atoms with Crippen molar-refractivity contribution < 1.29 is 39.7 Å². The molecule has 0 bridgehead atoms. The van der Waals surface area contributed by atoms with Crippen LogP contribution in [-0.4, -0.2) is 87.6 Å². The summed E-state index contributed by atoms with van der Waals surface area (Å²) in [6, 6.07) is 0.0457. The zero-order valence-electron chi connectivity index (χ0n) is 20.0. The number of fused-ring (bicyclic) bond motifs is 3. The minimum Gasteiger partial charge on any atom is -0.510 e. The van der Waals surface area contributed by atoms with Crippen molar-refractivity contribution in [2.75, 3.05) is 33.1 Å². The summed E-state index contributed by atoms with van der Waals surface area (Å²) in [5.41, 5.74) is 0.726. The first-order chi connectivity index (χ1) is 16.7. The number of phenols is 1. The molecule has 0 radical (unpaired) electrons. The number of hydrogen-bond donors (Lipinski definition) is 5. The number of ketones is 2. The van der Waals surface area contributed by atoms with Gasteiger partial charge in [-0.05, 0) is 38.4 Å². The van der Waals surface area contributed by atoms with Gasteiger partial charge in [0.05, 0.1) is 16.5 Å². The van der Waals surface area contributed by atoms with Crippen molar-refractivity contribution >= 4 is 28.8 Å². The molecule has 0 aromatic heterocycles. The van der Waals surface area contributed by atoms with Gasteiger partial charge in [-0.25, -0.2) is 0 Å². The Morgan fingerprint density at radius 1 is 1.19 bits per heavy atom. The van der Waals surface area contributed by atoms with Crippen LogP contribution in [0.25, 0.3) is 0 Å². The van der Waals surface area contributed by atoms with E-state index in [2.05, 4.69) is 0 Å². The van der Waals surface area contributed by atoms with E-state index in [0.717, 1.165) is 6.07 Å². The SMILES string of the molecule is CN(C)c1cc([N+](=O)[O-])c(O)c2c1C[C@H]1C[C@H]3[C@H](N(C)C)C(O)=C(C(N)=O)C(=O)[C@@]3(O)C(O)=C1C2=O. The van der Waals surface area contributed by atoms with Gasteiger partial charge in [-0.1, -0.05) is 0 Å². The molecule has 192 valence electrons. The van der Waals surface area contributed by atoms with Crippen LogP contribution in [0.15, 0.2) is 28.7 Å². The Kier molecular flexibility index (Phi) is 5.61. The van der Waals surface area contributed by atoms with Gasteiger partial charge in [-0.3, -0.25) is 29.4 Å². The first kappa shape index (κ1) is 25.1. The second-order valence-corrected chi connectivity index (χ2v) is 9.73. The molecular formula is C23H26N4O9. The van der Waals surface area contributed by atoms with Crippen LogP contribution in [0.2, 0.25) is 0 Å². The summed E-state index contributed by atoms with van der Waals surface area (Å²) in [4.78, 5) is 52.6. The molecule has 0 unspecified atom stereocenters. The largest absolute Gasteiger partial charge is 0.510 e. The van der Waals surface area contributed by atoms with E-state index in [-0.39, 0.29) is 12.8 Å². The highest BCUT2D eigenvalue weighted by Gasteiger charge is 2.63. The number of nitro groups is 1. The summed E-state index contributed by atoms with van der Waals surface area (Å²) >= 11 is 0. The molecule has 0 spiro atoms. The molecule has 6 N–H and O–H groups in total. The van der Waals surface area contributed by atoms with Crippen molar-refractivity contribution in [1.29, 1.82) is 0 Å². The van der Waals surface area contributed by atoms with E-state index in [0.29, 0.717) is 11.3 Å². The standard InChI is InChI=1S/C23H26N4O9/c1-25(2)11-7-12(27(35)36)17(28)14-9(11)5-8-6-10-16(26(3)4)19(30)15(22(24)33)21(32)23(10,34)20(31)13(8)18(14)29/h7-8,10,16,28,30-31,34H,5-6H2,1-4H3,(H2,24,33)/t8-,10-,16-,23-/m0/s1. The number of rotatable bonds is 4. The minimum atomic E-state index is -2.77. The lowest BCUT2D eigenvalue weighted by molar-refractivity contribution is -0.385. The number of aromatic hydroxyl groups is 1. The first-order valence-electron chi connectivity index (χ1n) is 11.0. The third kappa shape index (κ3) is 3.12. The zero-order valence-corrected chi connectivity index (χ0v) is 20.0.